The van der Waals surface area contributed by atoms with Crippen molar-refractivity contribution in [2.45, 2.75) is 57.0 Å². The molecule has 2 aromatic rings. The summed E-state index contributed by atoms with van der Waals surface area (Å²) in [5.41, 5.74) is 0.345. The average Bonchev–Trinajstić information content (AvgIpc) is 3.30. The highest BCUT2D eigenvalue weighted by Crippen LogP contribution is 2.28. The van der Waals surface area contributed by atoms with Crippen molar-refractivity contribution in [2.24, 2.45) is 0 Å². The maximum absolute atomic E-state index is 12.8. The van der Waals surface area contributed by atoms with E-state index in [1.165, 1.54) is 11.3 Å². The molecule has 156 valence electrons. The fourth-order valence-corrected chi connectivity index (χ4v) is 4.53. The molecule has 7 heteroatoms. The molecule has 1 aromatic heterocycles. The van der Waals surface area contributed by atoms with Gasteiger partial charge >= 0.3 is 0 Å². The highest BCUT2D eigenvalue weighted by atomic mass is 32.1. The number of carbonyl (C=O) groups is 2. The van der Waals surface area contributed by atoms with Crippen LogP contribution in [-0.2, 0) is 9.59 Å². The van der Waals surface area contributed by atoms with Crippen molar-refractivity contribution in [1.29, 1.82) is 0 Å². The second-order valence-electron chi connectivity index (χ2n) is 7.53. The second-order valence-corrected chi connectivity index (χ2v) is 8.46. The topological polar surface area (TPSA) is 83.1 Å². The van der Waals surface area contributed by atoms with Crippen LogP contribution in [0, 0.1) is 0 Å². The van der Waals surface area contributed by atoms with Crippen LogP contribution in [0.5, 0.6) is 0 Å². The molecule has 0 unspecified atom stereocenters. The quantitative estimate of drug-likeness (QED) is 0.589. The van der Waals surface area contributed by atoms with Crippen molar-refractivity contribution in [2.75, 3.05) is 13.1 Å². The van der Waals surface area contributed by atoms with E-state index in [2.05, 4.69) is 20.9 Å². The van der Waals surface area contributed by atoms with E-state index >= 15 is 0 Å². The van der Waals surface area contributed by atoms with E-state index in [1.807, 2.05) is 42.6 Å². The molecule has 0 bridgehead atoms. The summed E-state index contributed by atoms with van der Waals surface area (Å²) >= 11 is 1.52. The molecule has 1 saturated carbocycles. The molecule has 1 aliphatic rings. The van der Waals surface area contributed by atoms with Gasteiger partial charge in [-0.2, -0.15) is 0 Å². The Morgan fingerprint density at radius 2 is 1.93 bits per heavy atom. The second kappa shape index (κ2) is 10.5. The number of aromatic nitrogens is 1. The van der Waals surface area contributed by atoms with E-state index in [-0.39, 0.29) is 24.4 Å². The normalized spacial score (nSPS) is 16.7. The number of benzene rings is 1. The minimum absolute atomic E-state index is 0.0198. The molecule has 29 heavy (non-hydrogen) atoms. The Bertz CT molecular complexity index is 773. The van der Waals surface area contributed by atoms with Gasteiger partial charge in [0.2, 0.25) is 11.8 Å². The van der Waals surface area contributed by atoms with E-state index < -0.39 is 5.54 Å². The SMILES string of the molecule is CCCNC(=O)C1(NCC(=O)N[C@@H](c2ccccc2)c2nccs2)CCCCC1. The average molecular weight is 415 g/mol. The van der Waals surface area contributed by atoms with Crippen LogP contribution < -0.4 is 16.0 Å². The number of amides is 2. The molecule has 0 aliphatic heterocycles. The summed E-state index contributed by atoms with van der Waals surface area (Å²) in [6.45, 7) is 2.81. The molecular formula is C22H30N4O2S. The minimum atomic E-state index is -0.645. The molecule has 1 heterocycles. The van der Waals surface area contributed by atoms with Gasteiger partial charge in [-0.25, -0.2) is 4.98 Å². The van der Waals surface area contributed by atoms with Crippen LogP contribution in [-0.4, -0.2) is 35.4 Å². The summed E-state index contributed by atoms with van der Waals surface area (Å²) in [4.78, 5) is 30.0. The highest BCUT2D eigenvalue weighted by molar-refractivity contribution is 7.09. The smallest absolute Gasteiger partial charge is 0.240 e. The third-order valence-corrected chi connectivity index (χ3v) is 6.24. The zero-order valence-electron chi connectivity index (χ0n) is 16.9. The minimum Gasteiger partial charge on any atom is -0.355 e. The molecule has 0 spiro atoms. The molecule has 0 saturated heterocycles. The first-order valence-corrected chi connectivity index (χ1v) is 11.3. The summed E-state index contributed by atoms with van der Waals surface area (Å²) < 4.78 is 0. The van der Waals surface area contributed by atoms with E-state index in [0.29, 0.717) is 6.54 Å². The third kappa shape index (κ3) is 5.64. The van der Waals surface area contributed by atoms with Gasteiger partial charge in [0.05, 0.1) is 12.1 Å². The number of hydrogen-bond donors (Lipinski definition) is 3. The van der Waals surface area contributed by atoms with Crippen molar-refractivity contribution < 1.29 is 9.59 Å². The first-order chi connectivity index (χ1) is 14.1. The van der Waals surface area contributed by atoms with Gasteiger partial charge in [-0.3, -0.25) is 14.9 Å². The van der Waals surface area contributed by atoms with Gasteiger partial charge in [0.1, 0.15) is 11.0 Å². The summed E-state index contributed by atoms with van der Waals surface area (Å²) in [7, 11) is 0. The van der Waals surface area contributed by atoms with Crippen LogP contribution in [0.3, 0.4) is 0 Å². The lowest BCUT2D eigenvalue weighted by atomic mass is 9.80. The van der Waals surface area contributed by atoms with Crippen LogP contribution in [0.2, 0.25) is 0 Å². The zero-order valence-corrected chi connectivity index (χ0v) is 17.8. The number of rotatable bonds is 9. The Labute approximate surface area is 176 Å². The van der Waals surface area contributed by atoms with Crippen molar-refractivity contribution >= 4 is 23.2 Å². The predicted octanol–water partition coefficient (Wildman–Crippen LogP) is 3.17. The molecule has 3 N–H and O–H groups in total. The van der Waals surface area contributed by atoms with Gasteiger partial charge in [-0.05, 0) is 24.8 Å². The summed E-state index contributed by atoms with van der Waals surface area (Å²) in [6.07, 6.45) is 7.32. The van der Waals surface area contributed by atoms with E-state index in [0.717, 1.165) is 49.1 Å². The van der Waals surface area contributed by atoms with E-state index in [9.17, 15) is 9.59 Å². The van der Waals surface area contributed by atoms with Crippen LogP contribution in [0.1, 0.15) is 62.1 Å². The summed E-state index contributed by atoms with van der Waals surface area (Å²) in [5.74, 6) is -0.117. The molecule has 1 aromatic carbocycles. The lowest BCUT2D eigenvalue weighted by molar-refractivity contribution is -0.129. The van der Waals surface area contributed by atoms with Gasteiger partial charge in [-0.15, -0.1) is 11.3 Å². The molecule has 1 fully saturated rings. The molecule has 1 aliphatic carbocycles. The standard InChI is InChI=1S/C22H30N4O2S/c1-2-13-24-21(28)22(11-7-4-8-12-22)25-16-18(27)26-19(20-23-14-15-29-20)17-9-5-3-6-10-17/h3,5-6,9-10,14-15,19,25H,2,4,7-8,11-13,16H2,1H3,(H,24,28)(H,26,27)/t19-/m0/s1. The molecule has 1 atom stereocenters. The van der Waals surface area contributed by atoms with Crippen LogP contribution in [0.4, 0.5) is 0 Å². The van der Waals surface area contributed by atoms with Crippen molar-refractivity contribution in [1.82, 2.24) is 20.9 Å². The first kappa shape index (κ1) is 21.5. The Kier molecular flexibility index (Phi) is 7.77. The van der Waals surface area contributed by atoms with E-state index in [4.69, 9.17) is 0 Å². The summed E-state index contributed by atoms with van der Waals surface area (Å²) in [5, 5.41) is 12.2. The Morgan fingerprint density at radius 1 is 1.17 bits per heavy atom. The van der Waals surface area contributed by atoms with Gasteiger partial charge < -0.3 is 10.6 Å². The first-order valence-electron chi connectivity index (χ1n) is 10.4. The maximum Gasteiger partial charge on any atom is 0.240 e. The predicted molar refractivity (Wildman–Crippen MR) is 116 cm³/mol. The third-order valence-electron chi connectivity index (χ3n) is 5.40. The lowest BCUT2D eigenvalue weighted by Gasteiger charge is -2.36. The monoisotopic (exact) mass is 414 g/mol. The van der Waals surface area contributed by atoms with Gasteiger partial charge in [0.25, 0.3) is 0 Å². The van der Waals surface area contributed by atoms with Crippen LogP contribution in [0.15, 0.2) is 41.9 Å². The molecule has 3 rings (SSSR count). The fourth-order valence-electron chi connectivity index (χ4n) is 3.82. The number of nitrogens with zero attached hydrogens (tertiary/aromatic N) is 1. The largest absolute Gasteiger partial charge is 0.355 e. The van der Waals surface area contributed by atoms with Gasteiger partial charge in [0.15, 0.2) is 0 Å². The zero-order chi connectivity index (χ0) is 20.5. The molecular weight excluding hydrogens is 384 g/mol. The van der Waals surface area contributed by atoms with Gasteiger partial charge in [0, 0.05) is 18.1 Å². The number of thiazole rings is 1. The molecule has 0 radical (unpaired) electrons. The number of carbonyl (C=O) groups excluding carboxylic acids is 2. The Balaban J connectivity index is 1.66. The molecule has 2 amide bonds. The van der Waals surface area contributed by atoms with Crippen LogP contribution in [0.25, 0.3) is 0 Å². The van der Waals surface area contributed by atoms with Crippen molar-refractivity contribution in [3.8, 4) is 0 Å². The fraction of sp³-hybridized carbons (Fsp3) is 0.500. The summed E-state index contributed by atoms with van der Waals surface area (Å²) in [6, 6.07) is 9.54. The van der Waals surface area contributed by atoms with Crippen LogP contribution >= 0.6 is 11.3 Å². The van der Waals surface area contributed by atoms with Gasteiger partial charge in [-0.1, -0.05) is 56.5 Å². The number of hydrogen-bond acceptors (Lipinski definition) is 5. The van der Waals surface area contributed by atoms with E-state index in [1.54, 1.807) is 6.20 Å². The number of nitrogens with one attached hydrogen (secondary N) is 3. The molecule has 6 nitrogen and oxygen atoms in total. The van der Waals surface area contributed by atoms with Crippen molar-refractivity contribution in [3.63, 3.8) is 0 Å². The van der Waals surface area contributed by atoms with Crippen molar-refractivity contribution in [3.05, 3.63) is 52.5 Å². The highest BCUT2D eigenvalue weighted by Gasteiger charge is 2.39. The Hall–Kier alpha value is -2.25. The lowest BCUT2D eigenvalue weighted by Crippen LogP contribution is -2.59. The maximum atomic E-state index is 12.8. The Morgan fingerprint density at radius 3 is 2.59 bits per heavy atom.